The summed E-state index contributed by atoms with van der Waals surface area (Å²) < 4.78 is 11.4. The van der Waals surface area contributed by atoms with Gasteiger partial charge in [-0.15, -0.1) is 0 Å². The third-order valence-corrected chi connectivity index (χ3v) is 6.72. The topological polar surface area (TPSA) is 38.7 Å². The molecule has 4 aliphatic carbocycles. The minimum atomic E-state index is -0.371. The minimum absolute atomic E-state index is 0.0203. The van der Waals surface area contributed by atoms with Gasteiger partial charge >= 0.3 is 0 Å². The summed E-state index contributed by atoms with van der Waals surface area (Å²) in [6.45, 7) is 1.60. The van der Waals surface area contributed by atoms with Gasteiger partial charge in [-0.3, -0.25) is 0 Å². The molecule has 120 valence electrons. The van der Waals surface area contributed by atoms with Gasteiger partial charge in [0.05, 0.1) is 5.60 Å². The maximum Gasteiger partial charge on any atom is 0.157 e. The Morgan fingerprint density at radius 2 is 1.71 bits per heavy atom. The van der Waals surface area contributed by atoms with Gasteiger partial charge < -0.3 is 14.6 Å². The summed E-state index contributed by atoms with van der Waals surface area (Å²) in [5, 5.41) is 11.2. The van der Waals surface area contributed by atoms with Crippen LogP contribution in [0.1, 0.15) is 64.2 Å². The quantitative estimate of drug-likeness (QED) is 0.789. The molecule has 5 rings (SSSR count). The van der Waals surface area contributed by atoms with E-state index in [2.05, 4.69) is 0 Å². The van der Waals surface area contributed by atoms with Gasteiger partial charge in [-0.05, 0) is 87.9 Å². The summed E-state index contributed by atoms with van der Waals surface area (Å²) >= 11 is 0. The van der Waals surface area contributed by atoms with Crippen LogP contribution in [-0.4, -0.2) is 30.2 Å². The molecule has 0 spiro atoms. The van der Waals surface area contributed by atoms with Gasteiger partial charge in [-0.1, -0.05) is 0 Å². The fraction of sp³-hybridized carbons (Fsp3) is 1.00. The summed E-state index contributed by atoms with van der Waals surface area (Å²) in [5.41, 5.74) is -0.371. The second-order valence-electron chi connectivity index (χ2n) is 8.07. The van der Waals surface area contributed by atoms with Crippen LogP contribution in [0.3, 0.4) is 0 Å². The van der Waals surface area contributed by atoms with Crippen molar-refractivity contribution in [1.29, 1.82) is 0 Å². The van der Waals surface area contributed by atoms with Crippen molar-refractivity contribution >= 4 is 0 Å². The molecule has 0 amide bonds. The zero-order valence-corrected chi connectivity index (χ0v) is 13.1. The molecule has 5 aliphatic rings. The van der Waals surface area contributed by atoms with Crippen molar-refractivity contribution in [1.82, 2.24) is 0 Å². The summed E-state index contributed by atoms with van der Waals surface area (Å²) in [6.07, 6.45) is 12.0. The predicted octanol–water partition coefficient (Wildman–Crippen LogP) is 3.50. The van der Waals surface area contributed by atoms with Crippen molar-refractivity contribution in [2.45, 2.75) is 76.1 Å². The molecule has 3 nitrogen and oxygen atoms in total. The van der Waals surface area contributed by atoms with Crippen LogP contribution in [0.2, 0.25) is 0 Å². The van der Waals surface area contributed by atoms with Gasteiger partial charge in [0.25, 0.3) is 0 Å². The summed E-state index contributed by atoms with van der Waals surface area (Å²) in [7, 11) is 0. The lowest BCUT2D eigenvalue weighted by Gasteiger charge is -2.59. The van der Waals surface area contributed by atoms with E-state index in [0.29, 0.717) is 11.8 Å². The van der Waals surface area contributed by atoms with Crippen LogP contribution in [-0.2, 0) is 9.47 Å². The number of ether oxygens (including phenoxy) is 2. The first-order valence-electron chi connectivity index (χ1n) is 9.19. The number of rotatable bonds is 5. The summed E-state index contributed by atoms with van der Waals surface area (Å²) in [4.78, 5) is 0. The zero-order valence-electron chi connectivity index (χ0n) is 13.1. The molecule has 1 atom stereocenters. The van der Waals surface area contributed by atoms with Gasteiger partial charge in [0, 0.05) is 13.2 Å². The third-order valence-electron chi connectivity index (χ3n) is 6.72. The molecule has 4 saturated carbocycles. The molecule has 1 aliphatic heterocycles. The van der Waals surface area contributed by atoms with E-state index in [0.717, 1.165) is 44.3 Å². The molecule has 4 bridgehead atoms. The highest BCUT2D eigenvalue weighted by molar-refractivity contribution is 5.06. The highest BCUT2D eigenvalue weighted by Crippen LogP contribution is 2.59. The van der Waals surface area contributed by atoms with Crippen molar-refractivity contribution in [3.05, 3.63) is 0 Å². The lowest BCUT2D eigenvalue weighted by molar-refractivity contribution is -0.186. The molecule has 1 unspecified atom stereocenters. The molecule has 21 heavy (non-hydrogen) atoms. The van der Waals surface area contributed by atoms with Crippen LogP contribution in [0.25, 0.3) is 0 Å². The molecule has 0 aromatic rings. The Morgan fingerprint density at radius 1 is 1.00 bits per heavy atom. The first-order chi connectivity index (χ1) is 10.2. The van der Waals surface area contributed by atoms with E-state index >= 15 is 0 Å². The van der Waals surface area contributed by atoms with Crippen molar-refractivity contribution in [2.24, 2.45) is 23.7 Å². The Kier molecular flexibility index (Phi) is 4.01. The summed E-state index contributed by atoms with van der Waals surface area (Å²) in [5.74, 6) is 3.03. The van der Waals surface area contributed by atoms with Gasteiger partial charge in [0.2, 0.25) is 0 Å². The Bertz CT molecular complexity index is 333. The minimum Gasteiger partial charge on any atom is -0.389 e. The average molecular weight is 294 g/mol. The molecular formula is C18H30O3. The second-order valence-corrected chi connectivity index (χ2v) is 8.07. The summed E-state index contributed by atoms with van der Waals surface area (Å²) in [6, 6.07) is 0. The molecule has 0 aromatic heterocycles. The molecular weight excluding hydrogens is 264 g/mol. The molecule has 5 fully saturated rings. The third kappa shape index (κ3) is 2.77. The Balaban J connectivity index is 1.26. The zero-order chi connectivity index (χ0) is 14.3. The normalized spacial score (nSPS) is 48.7. The SMILES string of the molecule is OC1(CCCOC2CCCCO2)C2CC3CC(C2)CC1C3. The first-order valence-corrected chi connectivity index (χ1v) is 9.19. The smallest absolute Gasteiger partial charge is 0.157 e. The van der Waals surface area contributed by atoms with Gasteiger partial charge in [-0.25, -0.2) is 0 Å². The maximum atomic E-state index is 11.2. The molecule has 1 N–H and O–H groups in total. The van der Waals surface area contributed by atoms with Gasteiger partial charge in [0.1, 0.15) is 0 Å². The highest BCUT2D eigenvalue weighted by Gasteiger charge is 2.55. The lowest BCUT2D eigenvalue weighted by Crippen LogP contribution is -2.57. The molecule has 3 heteroatoms. The van der Waals surface area contributed by atoms with Crippen LogP contribution < -0.4 is 0 Å². The van der Waals surface area contributed by atoms with E-state index in [9.17, 15) is 5.11 Å². The Hall–Kier alpha value is -0.120. The number of hydrogen-bond acceptors (Lipinski definition) is 3. The van der Waals surface area contributed by atoms with Crippen LogP contribution in [0.15, 0.2) is 0 Å². The molecule has 0 radical (unpaired) electrons. The average Bonchev–Trinajstić information content (AvgIpc) is 2.50. The van der Waals surface area contributed by atoms with Crippen LogP contribution in [0.4, 0.5) is 0 Å². The van der Waals surface area contributed by atoms with Crippen molar-refractivity contribution in [2.75, 3.05) is 13.2 Å². The van der Waals surface area contributed by atoms with Crippen molar-refractivity contribution in [3.8, 4) is 0 Å². The van der Waals surface area contributed by atoms with Crippen molar-refractivity contribution < 1.29 is 14.6 Å². The second kappa shape index (κ2) is 5.82. The fourth-order valence-corrected chi connectivity index (χ4v) is 5.82. The highest BCUT2D eigenvalue weighted by atomic mass is 16.7. The van der Waals surface area contributed by atoms with E-state index in [-0.39, 0.29) is 11.9 Å². The van der Waals surface area contributed by atoms with E-state index in [1.165, 1.54) is 44.9 Å². The van der Waals surface area contributed by atoms with E-state index < -0.39 is 0 Å². The number of aliphatic hydroxyl groups is 1. The largest absolute Gasteiger partial charge is 0.389 e. The maximum absolute atomic E-state index is 11.2. The Labute approximate surface area is 128 Å². The van der Waals surface area contributed by atoms with Gasteiger partial charge in [0.15, 0.2) is 6.29 Å². The molecule has 1 saturated heterocycles. The van der Waals surface area contributed by atoms with E-state index in [1.54, 1.807) is 0 Å². The first kappa shape index (κ1) is 14.5. The van der Waals surface area contributed by atoms with E-state index in [1.807, 2.05) is 0 Å². The van der Waals surface area contributed by atoms with Crippen molar-refractivity contribution in [3.63, 3.8) is 0 Å². The van der Waals surface area contributed by atoms with Crippen LogP contribution in [0, 0.1) is 23.7 Å². The van der Waals surface area contributed by atoms with Crippen LogP contribution >= 0.6 is 0 Å². The Morgan fingerprint density at radius 3 is 2.33 bits per heavy atom. The monoisotopic (exact) mass is 294 g/mol. The molecule has 1 heterocycles. The van der Waals surface area contributed by atoms with Crippen LogP contribution in [0.5, 0.6) is 0 Å². The van der Waals surface area contributed by atoms with Gasteiger partial charge in [-0.2, -0.15) is 0 Å². The number of hydrogen-bond donors (Lipinski definition) is 1. The molecule has 0 aromatic carbocycles. The fourth-order valence-electron chi connectivity index (χ4n) is 5.82. The lowest BCUT2D eigenvalue weighted by atomic mass is 9.49. The van der Waals surface area contributed by atoms with E-state index in [4.69, 9.17) is 9.47 Å². The standard InChI is InChI=1S/C18H30O3/c19-18(5-3-7-21-17-4-1-2-6-20-17)15-9-13-8-14(11-15)12-16(18)10-13/h13-17,19H,1-12H2. The predicted molar refractivity (Wildman–Crippen MR) is 80.8 cm³/mol.